The number of nitrogens with one attached hydrogen (secondary N) is 1. The summed E-state index contributed by atoms with van der Waals surface area (Å²) >= 11 is 0. The summed E-state index contributed by atoms with van der Waals surface area (Å²) < 4.78 is 0. The van der Waals surface area contributed by atoms with Gasteiger partial charge in [-0.05, 0) is 26.0 Å². The molecule has 0 aliphatic heterocycles. The molecule has 4 nitrogen and oxygen atoms in total. The van der Waals surface area contributed by atoms with Crippen LogP contribution in [0.4, 0.5) is 0 Å². The summed E-state index contributed by atoms with van der Waals surface area (Å²) in [6.07, 6.45) is 0. The van der Waals surface area contributed by atoms with Gasteiger partial charge in [0.2, 0.25) is 0 Å². The van der Waals surface area contributed by atoms with Crippen molar-refractivity contribution < 1.29 is 9.90 Å². The fourth-order valence-corrected chi connectivity index (χ4v) is 1.66. The first-order valence-corrected chi connectivity index (χ1v) is 4.95. The Morgan fingerprint density at radius 3 is 2.56 bits per heavy atom. The first-order chi connectivity index (χ1) is 7.59. The van der Waals surface area contributed by atoms with Crippen molar-refractivity contribution in [2.24, 2.45) is 0 Å². The number of fused-ring (bicyclic) bond motifs is 1. The number of nitrogens with zero attached hydrogens (tertiary/aromatic N) is 1. The number of H-pyrrole nitrogens is 1. The number of aromatic amines is 1. The highest BCUT2D eigenvalue weighted by Crippen LogP contribution is 2.19. The number of hydrogen-bond acceptors (Lipinski definition) is 3. The second-order valence-corrected chi connectivity index (χ2v) is 3.62. The topological polar surface area (TPSA) is 66.0 Å². The molecule has 16 heavy (non-hydrogen) atoms. The molecule has 82 valence electrons. The summed E-state index contributed by atoms with van der Waals surface area (Å²) in [7, 11) is 0. The molecular formula is C12H12N2O2. The number of hydrogen-bond donors (Lipinski definition) is 2. The van der Waals surface area contributed by atoms with Crippen molar-refractivity contribution in [2.75, 3.05) is 0 Å². The maximum Gasteiger partial charge on any atom is 0.166 e. The molecule has 2 N–H and O–H groups in total. The summed E-state index contributed by atoms with van der Waals surface area (Å²) in [6, 6.07) is 7.47. The van der Waals surface area contributed by atoms with Crippen molar-refractivity contribution in [1.82, 2.24) is 9.97 Å². The van der Waals surface area contributed by atoms with Crippen LogP contribution < -0.4 is 0 Å². The molecule has 2 rings (SSSR count). The largest absolute Gasteiger partial charge is 0.512 e. The summed E-state index contributed by atoms with van der Waals surface area (Å²) in [6.45, 7) is 2.88. The van der Waals surface area contributed by atoms with Crippen molar-refractivity contribution in [3.05, 3.63) is 35.8 Å². The van der Waals surface area contributed by atoms with Crippen molar-refractivity contribution in [1.29, 1.82) is 0 Å². The molecule has 2 aromatic rings. The number of aliphatic hydroxyl groups is 1. The lowest BCUT2D eigenvalue weighted by Crippen LogP contribution is -2.01. The van der Waals surface area contributed by atoms with Gasteiger partial charge in [-0.3, -0.25) is 4.79 Å². The number of carbonyl (C=O) groups excluding carboxylic acids is 1. The van der Waals surface area contributed by atoms with Gasteiger partial charge in [0.25, 0.3) is 0 Å². The van der Waals surface area contributed by atoms with E-state index in [1.165, 1.54) is 13.8 Å². The number of carbonyl (C=O) groups is 1. The third-order valence-corrected chi connectivity index (χ3v) is 2.34. The summed E-state index contributed by atoms with van der Waals surface area (Å²) in [5.74, 6) is 0.180. The summed E-state index contributed by atoms with van der Waals surface area (Å²) in [5, 5.41) is 9.46. The predicted octanol–water partition coefficient (Wildman–Crippen LogP) is 2.44. The van der Waals surface area contributed by atoms with Crippen LogP contribution in [-0.2, 0) is 4.79 Å². The Morgan fingerprint density at radius 1 is 1.31 bits per heavy atom. The minimum Gasteiger partial charge on any atom is -0.512 e. The van der Waals surface area contributed by atoms with Gasteiger partial charge in [0.15, 0.2) is 5.78 Å². The molecule has 0 radical (unpaired) electrons. The second kappa shape index (κ2) is 3.81. The molecule has 0 saturated carbocycles. The number of rotatable bonds is 2. The van der Waals surface area contributed by atoms with Gasteiger partial charge in [-0.15, -0.1) is 0 Å². The van der Waals surface area contributed by atoms with E-state index in [1.54, 1.807) is 0 Å². The molecule has 0 fully saturated rings. The van der Waals surface area contributed by atoms with E-state index < -0.39 is 0 Å². The maximum atomic E-state index is 11.4. The van der Waals surface area contributed by atoms with Gasteiger partial charge >= 0.3 is 0 Å². The van der Waals surface area contributed by atoms with E-state index in [2.05, 4.69) is 9.97 Å². The number of Topliss-reactive ketones (excluding diaryl/α,β-unsaturated/α-hetero) is 1. The zero-order valence-electron chi connectivity index (χ0n) is 9.11. The highest BCUT2D eigenvalue weighted by atomic mass is 16.3. The lowest BCUT2D eigenvalue weighted by Gasteiger charge is -1.99. The van der Waals surface area contributed by atoms with Crippen LogP contribution >= 0.6 is 0 Å². The van der Waals surface area contributed by atoms with Gasteiger partial charge < -0.3 is 10.1 Å². The Morgan fingerprint density at radius 2 is 2.00 bits per heavy atom. The second-order valence-electron chi connectivity index (χ2n) is 3.62. The van der Waals surface area contributed by atoms with Crippen LogP contribution in [0.2, 0.25) is 0 Å². The number of imidazole rings is 1. The quantitative estimate of drug-likeness (QED) is 0.598. The Labute approximate surface area is 92.6 Å². The molecule has 0 aliphatic carbocycles. The normalized spacial score (nSPS) is 12.6. The maximum absolute atomic E-state index is 11.4. The number of benzene rings is 1. The van der Waals surface area contributed by atoms with Crippen molar-refractivity contribution in [2.45, 2.75) is 13.8 Å². The smallest absolute Gasteiger partial charge is 0.166 e. The van der Waals surface area contributed by atoms with Gasteiger partial charge in [-0.1, -0.05) is 12.1 Å². The van der Waals surface area contributed by atoms with Crippen molar-refractivity contribution in [3.8, 4) is 0 Å². The third kappa shape index (κ3) is 1.69. The average Bonchev–Trinajstić information content (AvgIpc) is 2.58. The van der Waals surface area contributed by atoms with E-state index >= 15 is 0 Å². The number of allylic oxidation sites excluding steroid dienone is 2. The zero-order valence-corrected chi connectivity index (χ0v) is 9.11. The van der Waals surface area contributed by atoms with E-state index in [1.807, 2.05) is 24.3 Å². The Bertz CT molecular complexity index is 544. The molecule has 0 saturated heterocycles. The molecule has 0 spiro atoms. The highest BCUT2D eigenvalue weighted by Gasteiger charge is 2.15. The molecule has 0 atom stereocenters. The van der Waals surface area contributed by atoms with Gasteiger partial charge in [0.1, 0.15) is 11.6 Å². The summed E-state index contributed by atoms with van der Waals surface area (Å²) in [5.41, 5.74) is 1.85. The zero-order chi connectivity index (χ0) is 11.7. The first kappa shape index (κ1) is 10.4. The molecule has 0 amide bonds. The van der Waals surface area contributed by atoms with Gasteiger partial charge in [0.05, 0.1) is 16.6 Å². The number of aliphatic hydroxyl groups excluding tert-OH is 1. The van der Waals surface area contributed by atoms with E-state index in [4.69, 9.17) is 0 Å². The van der Waals surface area contributed by atoms with Gasteiger partial charge in [-0.25, -0.2) is 4.98 Å². The van der Waals surface area contributed by atoms with E-state index in [0.29, 0.717) is 5.82 Å². The van der Waals surface area contributed by atoms with Gasteiger partial charge in [0, 0.05) is 0 Å². The monoisotopic (exact) mass is 216 g/mol. The van der Waals surface area contributed by atoms with Crippen LogP contribution in [-0.4, -0.2) is 20.9 Å². The first-order valence-electron chi connectivity index (χ1n) is 4.95. The summed E-state index contributed by atoms with van der Waals surface area (Å²) in [4.78, 5) is 18.7. The minimum absolute atomic E-state index is 0.0217. The molecule has 1 aromatic carbocycles. The fraction of sp³-hybridized carbons (Fsp3) is 0.167. The molecule has 0 unspecified atom stereocenters. The molecule has 0 aliphatic rings. The van der Waals surface area contributed by atoms with Crippen LogP contribution in [0.15, 0.2) is 30.0 Å². The average molecular weight is 216 g/mol. The lowest BCUT2D eigenvalue weighted by molar-refractivity contribution is -0.111. The van der Waals surface area contributed by atoms with Crippen LogP contribution in [0, 0.1) is 0 Å². The van der Waals surface area contributed by atoms with Gasteiger partial charge in [-0.2, -0.15) is 0 Å². The molecule has 0 bridgehead atoms. The lowest BCUT2D eigenvalue weighted by atomic mass is 10.1. The number of para-hydroxylation sites is 2. The van der Waals surface area contributed by atoms with E-state index in [0.717, 1.165) is 11.0 Å². The van der Waals surface area contributed by atoms with Crippen molar-refractivity contribution >= 4 is 22.4 Å². The minimum atomic E-state index is -0.209. The van der Waals surface area contributed by atoms with Crippen molar-refractivity contribution in [3.63, 3.8) is 0 Å². The molecule has 1 aromatic heterocycles. The number of ketones is 1. The third-order valence-electron chi connectivity index (χ3n) is 2.34. The highest BCUT2D eigenvalue weighted by molar-refractivity contribution is 6.19. The standard InChI is InChI=1S/C12H12N2O2/c1-7(15)11(8(2)16)12-13-9-5-3-4-6-10(9)14-12/h3-6,15H,1-2H3,(H,13,14)/b11-7-. The van der Waals surface area contributed by atoms with E-state index in [-0.39, 0.29) is 17.1 Å². The Hall–Kier alpha value is -2.10. The van der Waals surface area contributed by atoms with E-state index in [9.17, 15) is 9.90 Å². The Balaban J connectivity index is 2.63. The molecular weight excluding hydrogens is 204 g/mol. The van der Waals surface area contributed by atoms with Crippen LogP contribution in [0.3, 0.4) is 0 Å². The van der Waals surface area contributed by atoms with Crippen LogP contribution in [0.25, 0.3) is 16.6 Å². The SMILES string of the molecule is CC(=O)/C(=C(\C)O)c1nc2ccccc2[nH]1. The predicted molar refractivity (Wildman–Crippen MR) is 62.0 cm³/mol. The number of aromatic nitrogens is 2. The molecule has 4 heteroatoms. The molecule has 1 heterocycles. The van der Waals surface area contributed by atoms with Crippen LogP contribution in [0.5, 0.6) is 0 Å². The fourth-order valence-electron chi connectivity index (χ4n) is 1.66. The van der Waals surface area contributed by atoms with Crippen LogP contribution in [0.1, 0.15) is 19.7 Å². The Kier molecular flexibility index (Phi) is 2.48.